The Balaban J connectivity index is 1.73. The second-order valence-electron chi connectivity index (χ2n) is 5.90. The molecule has 6 N–H and O–H groups in total. The average molecular weight is 383 g/mol. The van der Waals surface area contributed by atoms with Crippen LogP contribution in [0.3, 0.4) is 0 Å². The van der Waals surface area contributed by atoms with Crippen molar-refractivity contribution >= 4 is 34.7 Å². The Labute approximate surface area is 160 Å². The lowest BCUT2D eigenvalue weighted by Gasteiger charge is -2.10. The largest absolute Gasteiger partial charge is 0.508 e. The number of phenolic OH excluding ortho intramolecular Hbond substituents is 1. The van der Waals surface area contributed by atoms with Gasteiger partial charge in [-0.1, -0.05) is 12.1 Å². The third-order valence-electron chi connectivity index (χ3n) is 3.80. The highest BCUT2D eigenvalue weighted by Gasteiger charge is 2.09. The number of hydrogen-bond donors (Lipinski definition) is 5. The van der Waals surface area contributed by atoms with Crippen molar-refractivity contribution in [2.24, 2.45) is 0 Å². The van der Waals surface area contributed by atoms with Gasteiger partial charge in [-0.15, -0.1) is 0 Å². The summed E-state index contributed by atoms with van der Waals surface area (Å²) < 4.78 is 14.0. The molecule has 144 valence electrons. The van der Waals surface area contributed by atoms with Crippen molar-refractivity contribution in [1.82, 2.24) is 15.3 Å². The summed E-state index contributed by atoms with van der Waals surface area (Å²) in [6.45, 7) is 0.269. The summed E-state index contributed by atoms with van der Waals surface area (Å²) in [5.41, 5.74) is 2.05. The Morgan fingerprint density at radius 2 is 1.89 bits per heavy atom. The smallest absolute Gasteiger partial charge is 0.275 e. The fraction of sp³-hybridized carbons (Fsp3) is 0.105. The van der Waals surface area contributed by atoms with Crippen LogP contribution in [0.15, 0.2) is 54.7 Å². The molecule has 0 atom stereocenters. The number of aromatic nitrogens is 2. The molecule has 3 rings (SSSR count). The molecule has 0 aliphatic carbocycles. The molecule has 8 nitrogen and oxygen atoms in total. The molecule has 0 spiro atoms. The summed E-state index contributed by atoms with van der Waals surface area (Å²) in [4.78, 5) is 19.5. The van der Waals surface area contributed by atoms with Crippen molar-refractivity contribution in [2.75, 3.05) is 24.2 Å². The maximum Gasteiger partial charge on any atom is 0.275 e. The van der Waals surface area contributed by atoms with Gasteiger partial charge in [-0.3, -0.25) is 4.79 Å². The van der Waals surface area contributed by atoms with Crippen molar-refractivity contribution in [3.63, 3.8) is 0 Å². The number of quaternary nitrogens is 1. The van der Waals surface area contributed by atoms with Crippen LogP contribution >= 0.6 is 0 Å². The van der Waals surface area contributed by atoms with Crippen LogP contribution in [0.4, 0.5) is 33.2 Å². The van der Waals surface area contributed by atoms with Crippen LogP contribution in [0.2, 0.25) is 0 Å². The van der Waals surface area contributed by atoms with Crippen LogP contribution < -0.4 is 21.3 Å². The van der Waals surface area contributed by atoms with Gasteiger partial charge in [0.05, 0.1) is 6.20 Å². The first-order chi connectivity index (χ1) is 13.5. The van der Waals surface area contributed by atoms with Gasteiger partial charge in [-0.25, -0.2) is 9.37 Å². The lowest BCUT2D eigenvalue weighted by atomic mass is 10.2. The minimum Gasteiger partial charge on any atom is -0.508 e. The number of nitrogens with two attached hydrogens (primary N) is 1. The van der Waals surface area contributed by atoms with Gasteiger partial charge in [0.15, 0.2) is 18.2 Å². The summed E-state index contributed by atoms with van der Waals surface area (Å²) in [6.07, 6.45) is 1.06. The van der Waals surface area contributed by atoms with Crippen LogP contribution in [0.25, 0.3) is 0 Å². The minimum atomic E-state index is -0.624. The standard InChI is InChI=1S/C19H19FN6O2/c1-21-17(28)11-22-12-4-2-5-13(8-12)25-19-23-10-16(20)18(26-19)24-14-6-3-7-15(27)9-14/h2-10,22,27H,11H2,1H3,(H,21,28)(H2,23,24,25,26)/p+1. The summed E-state index contributed by atoms with van der Waals surface area (Å²) in [5, 5.41) is 19.7. The van der Waals surface area contributed by atoms with Gasteiger partial charge in [0.1, 0.15) is 11.4 Å². The van der Waals surface area contributed by atoms with Crippen molar-refractivity contribution in [2.45, 2.75) is 0 Å². The molecule has 0 bridgehead atoms. The van der Waals surface area contributed by atoms with E-state index in [1.54, 1.807) is 24.5 Å². The molecular weight excluding hydrogens is 363 g/mol. The molecule has 0 saturated carbocycles. The van der Waals surface area contributed by atoms with E-state index in [1.165, 1.54) is 12.1 Å². The molecule has 1 amide bonds. The number of phenols is 1. The fourth-order valence-corrected chi connectivity index (χ4v) is 2.42. The van der Waals surface area contributed by atoms with Gasteiger partial charge in [0, 0.05) is 30.6 Å². The van der Waals surface area contributed by atoms with Crippen LogP contribution in [0.1, 0.15) is 0 Å². The van der Waals surface area contributed by atoms with Crippen molar-refractivity contribution in [3.05, 3.63) is 60.5 Å². The van der Waals surface area contributed by atoms with Crippen molar-refractivity contribution in [1.29, 1.82) is 0 Å². The molecule has 0 unspecified atom stereocenters. The zero-order valence-electron chi connectivity index (χ0n) is 15.1. The Morgan fingerprint density at radius 1 is 1.14 bits per heavy atom. The van der Waals surface area contributed by atoms with Gasteiger partial charge >= 0.3 is 0 Å². The number of nitrogens with one attached hydrogen (secondary N) is 3. The quantitative estimate of drug-likeness (QED) is 0.397. The van der Waals surface area contributed by atoms with Crippen LogP contribution in [0.5, 0.6) is 5.75 Å². The predicted octanol–water partition coefficient (Wildman–Crippen LogP) is 1.75. The Hall–Kier alpha value is -3.72. The van der Waals surface area contributed by atoms with Crippen LogP contribution in [-0.4, -0.2) is 34.6 Å². The summed E-state index contributed by atoms with van der Waals surface area (Å²) >= 11 is 0. The molecule has 0 aliphatic heterocycles. The average Bonchev–Trinajstić information content (AvgIpc) is 2.69. The van der Waals surface area contributed by atoms with E-state index >= 15 is 0 Å². The van der Waals surface area contributed by atoms with E-state index in [0.717, 1.165) is 11.9 Å². The van der Waals surface area contributed by atoms with Gasteiger partial charge < -0.3 is 26.4 Å². The number of nitrogens with zero attached hydrogens (tertiary/aromatic N) is 2. The first kappa shape index (κ1) is 19.1. The second-order valence-corrected chi connectivity index (χ2v) is 5.90. The summed E-state index contributed by atoms with van der Waals surface area (Å²) in [6, 6.07) is 13.6. The maximum atomic E-state index is 14.0. The van der Waals surface area contributed by atoms with Gasteiger partial charge in [0.25, 0.3) is 5.91 Å². The monoisotopic (exact) mass is 383 g/mol. The molecule has 2 aromatic carbocycles. The first-order valence-electron chi connectivity index (χ1n) is 8.53. The number of halogens is 1. The topological polar surface area (TPSA) is 116 Å². The van der Waals surface area contributed by atoms with E-state index in [2.05, 4.69) is 25.9 Å². The number of likely N-dealkylation sites (N-methyl/N-ethyl adjacent to an activating group) is 1. The number of hydrogen-bond acceptors (Lipinski definition) is 6. The summed E-state index contributed by atoms with van der Waals surface area (Å²) in [5.74, 6) is -0.468. The molecule has 0 radical (unpaired) electrons. The number of amides is 1. The number of rotatable bonds is 7. The number of benzene rings is 2. The van der Waals surface area contributed by atoms with Gasteiger partial charge in [-0.2, -0.15) is 4.98 Å². The molecule has 1 aromatic heterocycles. The highest BCUT2D eigenvalue weighted by Crippen LogP contribution is 2.23. The first-order valence-corrected chi connectivity index (χ1v) is 8.53. The van der Waals surface area contributed by atoms with E-state index in [9.17, 15) is 14.3 Å². The molecule has 9 heteroatoms. The molecule has 0 aliphatic rings. The molecular formula is C19H20FN6O2+. The minimum absolute atomic E-state index is 0.0227. The summed E-state index contributed by atoms with van der Waals surface area (Å²) in [7, 11) is 1.59. The van der Waals surface area contributed by atoms with E-state index in [-0.39, 0.29) is 30.0 Å². The van der Waals surface area contributed by atoms with Crippen molar-refractivity contribution in [3.8, 4) is 5.75 Å². The van der Waals surface area contributed by atoms with E-state index < -0.39 is 5.82 Å². The molecule has 3 aromatic rings. The highest BCUT2D eigenvalue weighted by atomic mass is 19.1. The lowest BCUT2D eigenvalue weighted by molar-refractivity contribution is -0.559. The molecule has 0 saturated heterocycles. The Morgan fingerprint density at radius 3 is 2.64 bits per heavy atom. The van der Waals surface area contributed by atoms with Crippen molar-refractivity contribution < 1.29 is 19.6 Å². The maximum absolute atomic E-state index is 14.0. The lowest BCUT2D eigenvalue weighted by Crippen LogP contribution is -2.80. The zero-order valence-corrected chi connectivity index (χ0v) is 15.1. The third kappa shape index (κ3) is 5.15. The molecule has 28 heavy (non-hydrogen) atoms. The SMILES string of the molecule is CNC(=O)C[NH2+]c1cccc(Nc2ncc(F)c(Nc3cccc(O)c3)n2)c1. The zero-order chi connectivity index (χ0) is 19.9. The van der Waals surface area contributed by atoms with Gasteiger partial charge in [-0.05, 0) is 24.3 Å². The van der Waals surface area contributed by atoms with E-state index in [0.29, 0.717) is 11.4 Å². The Kier molecular flexibility index (Phi) is 5.97. The van der Waals surface area contributed by atoms with Crippen LogP contribution in [0, 0.1) is 5.82 Å². The molecule has 1 heterocycles. The number of carbonyl (C=O) groups is 1. The van der Waals surface area contributed by atoms with E-state index in [1.807, 2.05) is 24.3 Å². The second kappa shape index (κ2) is 8.78. The number of aromatic hydroxyl groups is 1. The number of carbonyl (C=O) groups excluding carboxylic acids is 1. The normalized spacial score (nSPS) is 10.4. The van der Waals surface area contributed by atoms with Gasteiger partial charge in [0.2, 0.25) is 5.95 Å². The Bertz CT molecular complexity index is 982. The fourth-order valence-electron chi connectivity index (χ4n) is 2.42. The predicted molar refractivity (Wildman–Crippen MR) is 104 cm³/mol. The van der Waals surface area contributed by atoms with Crippen LogP contribution in [-0.2, 0) is 4.79 Å². The highest BCUT2D eigenvalue weighted by molar-refractivity contribution is 5.76. The third-order valence-corrected chi connectivity index (χ3v) is 3.80. The van der Waals surface area contributed by atoms with E-state index in [4.69, 9.17) is 0 Å². The number of anilines is 4. The molecule has 0 fully saturated rings.